The average Bonchev–Trinajstić information content (AvgIpc) is 1.64. The number of pyridine rings is 1. The normalized spacial score (nSPS) is 11.8. The molecule has 0 unspecified atom stereocenters. The van der Waals surface area contributed by atoms with Crippen molar-refractivity contribution >= 4 is 87.2 Å². The van der Waals surface area contributed by atoms with Crippen molar-refractivity contribution in [2.75, 3.05) is 0 Å². The van der Waals surface area contributed by atoms with Crippen LogP contribution in [0.15, 0.2) is 346 Å². The van der Waals surface area contributed by atoms with E-state index in [0.717, 1.165) is 145 Å². The van der Waals surface area contributed by atoms with Crippen molar-refractivity contribution in [3.63, 3.8) is 0 Å². The molecule has 0 aliphatic carbocycles. The van der Waals surface area contributed by atoms with E-state index in [9.17, 15) is 5.26 Å². The van der Waals surface area contributed by atoms with Crippen LogP contribution in [0.2, 0.25) is 0 Å². The van der Waals surface area contributed by atoms with Gasteiger partial charge in [-0.1, -0.05) is 235 Å². The summed E-state index contributed by atoms with van der Waals surface area (Å²) in [5.74, 6) is 0. The molecule has 6 nitrogen and oxygen atoms in total. The first-order valence-electron chi connectivity index (χ1n) is 36.0. The number of fused-ring (bicyclic) bond motifs is 12. The number of rotatable bonds is 11. The number of nitrogens with zero attached hydrogens (tertiary/aromatic N) is 6. The Morgan fingerprint density at radius 3 is 0.876 bits per heavy atom. The summed E-state index contributed by atoms with van der Waals surface area (Å²) in [7, 11) is 0. The van der Waals surface area contributed by atoms with E-state index in [0.29, 0.717) is 5.56 Å². The third kappa shape index (κ3) is 9.81. The van der Waals surface area contributed by atoms with Crippen LogP contribution in [0.1, 0.15) is 22.3 Å². The Morgan fingerprint density at radius 2 is 0.524 bits per heavy atom. The minimum Gasteiger partial charge on any atom is -0.309 e. The molecule has 0 aliphatic rings. The van der Waals surface area contributed by atoms with Crippen molar-refractivity contribution < 1.29 is 0 Å². The molecule has 20 aromatic rings. The Balaban J connectivity index is 0.923. The van der Waals surface area contributed by atoms with Gasteiger partial charge >= 0.3 is 0 Å². The zero-order valence-corrected chi connectivity index (χ0v) is 58.1. The van der Waals surface area contributed by atoms with Gasteiger partial charge in [-0.05, 0) is 187 Å². The molecule has 6 heteroatoms. The Labute approximate surface area is 607 Å². The number of nitriles is 1. The molecule has 105 heavy (non-hydrogen) atoms. The highest BCUT2D eigenvalue weighted by molar-refractivity contribution is 6.15. The summed E-state index contributed by atoms with van der Waals surface area (Å²) in [6.07, 6.45) is 0. The van der Waals surface area contributed by atoms with Gasteiger partial charge in [0.15, 0.2) is 0 Å². The highest BCUT2D eigenvalue weighted by atomic mass is 15.0. The maximum atomic E-state index is 13.0. The first kappa shape index (κ1) is 61.0. The van der Waals surface area contributed by atoms with Crippen molar-refractivity contribution in [2.24, 2.45) is 0 Å². The first-order valence-corrected chi connectivity index (χ1v) is 36.0. The molecule has 5 aromatic heterocycles. The Bertz CT molecular complexity index is 6890. The Kier molecular flexibility index (Phi) is 14.2. The zero-order valence-electron chi connectivity index (χ0n) is 58.1. The van der Waals surface area contributed by atoms with Crippen LogP contribution in [0, 0.1) is 32.1 Å². The van der Waals surface area contributed by atoms with Gasteiger partial charge in [0.05, 0.1) is 61.1 Å². The van der Waals surface area contributed by atoms with Crippen LogP contribution >= 0.6 is 0 Å². The van der Waals surface area contributed by atoms with E-state index in [-0.39, 0.29) is 0 Å². The zero-order chi connectivity index (χ0) is 70.0. The van der Waals surface area contributed by atoms with E-state index in [4.69, 9.17) is 4.98 Å². The van der Waals surface area contributed by atoms with Gasteiger partial charge in [0, 0.05) is 93.7 Å². The maximum absolute atomic E-state index is 13.0. The largest absolute Gasteiger partial charge is 0.309 e. The fourth-order valence-electron chi connectivity index (χ4n) is 16.9. The Hall–Kier alpha value is -13.9. The molecule has 0 saturated heterocycles. The van der Waals surface area contributed by atoms with Crippen LogP contribution in [-0.4, -0.2) is 23.3 Å². The van der Waals surface area contributed by atoms with Crippen molar-refractivity contribution in [1.82, 2.24) is 23.3 Å². The summed E-state index contributed by atoms with van der Waals surface area (Å²) in [6.45, 7) is 6.50. The summed E-state index contributed by atoms with van der Waals surface area (Å²) >= 11 is 0. The number of aromatic nitrogens is 5. The molecule has 0 aliphatic heterocycles. The topological polar surface area (TPSA) is 56.4 Å². The van der Waals surface area contributed by atoms with Gasteiger partial charge in [-0.15, -0.1) is 0 Å². The van der Waals surface area contributed by atoms with Gasteiger partial charge in [-0.25, -0.2) is 4.98 Å². The quantitative estimate of drug-likeness (QED) is 0.130. The fraction of sp³-hybridized carbons (Fsp3) is 0.0303. The molecule has 0 spiro atoms. The molecular weight excluding hydrogens is 1270 g/mol. The second-order valence-electron chi connectivity index (χ2n) is 27.9. The van der Waals surface area contributed by atoms with Crippen molar-refractivity contribution in [3.8, 4) is 107 Å². The summed E-state index contributed by atoms with van der Waals surface area (Å²) in [4.78, 5) is 5.74. The van der Waals surface area contributed by atoms with Crippen LogP contribution in [-0.2, 0) is 0 Å². The third-order valence-corrected chi connectivity index (χ3v) is 21.6. The van der Waals surface area contributed by atoms with Crippen LogP contribution in [0.4, 0.5) is 0 Å². The SMILES string of the molecule is Cc1ccc2c(c1)c1ccccc1n2-c1ccc(-c2c(C#N)c(-c3ccc(-c4ccccc4)nc3-c3ccccc3)c(-c3ccc(-n4c5ccccc5c5ccccc54)cc3)c(-c3ccc(-n4c5ccccc5c5cc(C)ccc54)cc3)c2-c2ccc(-n3c4ccccc4c4cc(C)ccc43)cc2)cc1. The predicted molar refractivity (Wildman–Crippen MR) is 439 cm³/mol. The minimum atomic E-state index is 0.529. The molecule has 0 atom stereocenters. The highest BCUT2D eigenvalue weighted by Crippen LogP contribution is 2.55. The number of aryl methyl sites for hydroxylation is 3. The molecule has 0 N–H and O–H groups in total. The molecule has 15 aromatic carbocycles. The van der Waals surface area contributed by atoms with Crippen LogP contribution in [0.5, 0.6) is 0 Å². The van der Waals surface area contributed by atoms with Crippen LogP contribution in [0.3, 0.4) is 0 Å². The second kappa shape index (κ2) is 24.5. The number of para-hydroxylation sites is 5. The molecule has 492 valence electrons. The van der Waals surface area contributed by atoms with Gasteiger partial charge in [0.25, 0.3) is 0 Å². The van der Waals surface area contributed by atoms with E-state index in [1.165, 1.54) is 59.8 Å². The Morgan fingerprint density at radius 1 is 0.238 bits per heavy atom. The van der Waals surface area contributed by atoms with Crippen molar-refractivity contribution in [3.05, 3.63) is 368 Å². The number of hydrogen-bond acceptors (Lipinski definition) is 2. The molecule has 5 heterocycles. The smallest absolute Gasteiger partial charge is 0.100 e. The van der Waals surface area contributed by atoms with Gasteiger partial charge in [0.1, 0.15) is 6.07 Å². The minimum absolute atomic E-state index is 0.529. The van der Waals surface area contributed by atoms with Gasteiger partial charge < -0.3 is 18.3 Å². The molecule has 0 radical (unpaired) electrons. The molecule has 0 saturated carbocycles. The molecule has 0 amide bonds. The lowest BCUT2D eigenvalue weighted by Gasteiger charge is -2.27. The van der Waals surface area contributed by atoms with Crippen molar-refractivity contribution in [2.45, 2.75) is 20.8 Å². The predicted octanol–water partition coefficient (Wildman–Crippen LogP) is 25.9. The third-order valence-electron chi connectivity index (χ3n) is 21.6. The van der Waals surface area contributed by atoms with E-state index < -0.39 is 0 Å². The summed E-state index contributed by atoms with van der Waals surface area (Å²) in [5, 5.41) is 22.6. The molecule has 0 fully saturated rings. The van der Waals surface area contributed by atoms with E-state index >= 15 is 0 Å². The van der Waals surface area contributed by atoms with Gasteiger partial charge in [-0.2, -0.15) is 5.26 Å². The number of hydrogen-bond donors (Lipinski definition) is 0. The fourth-order valence-corrected chi connectivity index (χ4v) is 16.9. The lowest BCUT2D eigenvalue weighted by atomic mass is 9.75. The molecular formula is C99H66N6. The standard InChI is InChI=1S/C99H66N6/c1-62-34-55-91-81(58-62)77-26-12-17-31-88(77)103(91)72-45-37-66(38-46-72)94-84(61-100)98(80-53-54-85(65-20-6-4-7-21-65)101-99(80)70-22-8-5-9-23-70)97(69-43-51-71(52-44-69)102-86-29-15-10-24-75(86)76-25-11-16-30-87(76)102)96(68-41-49-74(50-42-68)105-90-33-19-14-28-79(90)83-60-64(3)36-57-93(83)105)95(94)67-39-47-73(48-40-67)104-89-32-18-13-27-78(89)82-59-63(2)35-56-92(82)104/h4-60H,1-3H3. The van der Waals surface area contributed by atoms with Crippen LogP contribution < -0.4 is 0 Å². The van der Waals surface area contributed by atoms with E-state index in [2.05, 4.69) is 385 Å². The van der Waals surface area contributed by atoms with Crippen LogP contribution in [0.25, 0.3) is 188 Å². The molecule has 0 bridgehead atoms. The first-order chi connectivity index (χ1) is 51.8. The summed E-state index contributed by atoms with van der Waals surface area (Å²) < 4.78 is 9.55. The lowest BCUT2D eigenvalue weighted by Crippen LogP contribution is -2.05. The molecule has 20 rings (SSSR count). The van der Waals surface area contributed by atoms with E-state index in [1.807, 2.05) is 6.07 Å². The maximum Gasteiger partial charge on any atom is 0.100 e. The van der Waals surface area contributed by atoms with E-state index in [1.54, 1.807) is 0 Å². The van der Waals surface area contributed by atoms with Crippen molar-refractivity contribution in [1.29, 1.82) is 5.26 Å². The monoisotopic (exact) mass is 1340 g/mol. The summed E-state index contributed by atoms with van der Waals surface area (Å²) in [6, 6.07) is 129. The number of benzene rings is 15. The van der Waals surface area contributed by atoms with Gasteiger partial charge in [-0.3, -0.25) is 0 Å². The second-order valence-corrected chi connectivity index (χ2v) is 27.9. The average molecular weight is 1340 g/mol. The summed E-state index contributed by atoms with van der Waals surface area (Å²) in [5.41, 5.74) is 29.8. The van der Waals surface area contributed by atoms with Gasteiger partial charge in [0.2, 0.25) is 0 Å². The lowest BCUT2D eigenvalue weighted by molar-refractivity contribution is 1.18. The highest BCUT2D eigenvalue weighted by Gasteiger charge is 2.32.